The highest BCUT2D eigenvalue weighted by molar-refractivity contribution is 8.00. The highest BCUT2D eigenvalue weighted by Crippen LogP contribution is 2.40. The third-order valence-electron chi connectivity index (χ3n) is 4.56. The van der Waals surface area contributed by atoms with Gasteiger partial charge in [-0.05, 0) is 37.1 Å². The maximum Gasteiger partial charge on any atom is 0.270 e. The highest BCUT2D eigenvalue weighted by Gasteiger charge is 2.31. The Hall–Kier alpha value is -2.30. The van der Waals surface area contributed by atoms with E-state index in [1.54, 1.807) is 12.1 Å². The van der Waals surface area contributed by atoms with Gasteiger partial charge in [0.2, 0.25) is 10.0 Å². The quantitative estimate of drug-likeness (QED) is 0.538. The van der Waals surface area contributed by atoms with Gasteiger partial charge in [-0.25, -0.2) is 8.42 Å². The molecule has 10 heteroatoms. The SMILES string of the molecule is O=[N+]([O-])c1ccc(Sc2ccc3c(c2)OCCO3)c(S(=O)(=O)N2CCCC2)c1. The molecule has 0 bridgehead atoms. The zero-order valence-corrected chi connectivity index (χ0v) is 16.5. The lowest BCUT2D eigenvalue weighted by Gasteiger charge is -2.20. The van der Waals surface area contributed by atoms with Crippen molar-refractivity contribution >= 4 is 27.5 Å². The van der Waals surface area contributed by atoms with Crippen LogP contribution in [0.25, 0.3) is 0 Å². The molecule has 0 unspecified atom stereocenters. The number of hydrogen-bond donors (Lipinski definition) is 0. The van der Waals surface area contributed by atoms with Crippen LogP contribution in [-0.2, 0) is 10.0 Å². The van der Waals surface area contributed by atoms with E-state index >= 15 is 0 Å². The van der Waals surface area contributed by atoms with E-state index < -0.39 is 14.9 Å². The van der Waals surface area contributed by atoms with E-state index in [9.17, 15) is 18.5 Å². The summed E-state index contributed by atoms with van der Waals surface area (Å²) in [5.41, 5.74) is -0.246. The Labute approximate surface area is 166 Å². The first-order valence-electron chi connectivity index (χ1n) is 8.81. The zero-order chi connectivity index (χ0) is 19.7. The lowest BCUT2D eigenvalue weighted by atomic mass is 10.3. The molecule has 8 nitrogen and oxygen atoms in total. The number of nitrogens with zero attached hydrogens (tertiary/aromatic N) is 2. The van der Waals surface area contributed by atoms with E-state index in [1.807, 2.05) is 6.07 Å². The third kappa shape index (κ3) is 3.67. The molecule has 1 saturated heterocycles. The van der Waals surface area contributed by atoms with Crippen LogP contribution in [0.1, 0.15) is 12.8 Å². The molecule has 2 heterocycles. The molecule has 2 aliphatic heterocycles. The number of nitro benzene ring substituents is 1. The van der Waals surface area contributed by atoms with Gasteiger partial charge in [0.25, 0.3) is 5.69 Å². The van der Waals surface area contributed by atoms with Gasteiger partial charge in [-0.15, -0.1) is 0 Å². The predicted molar refractivity (Wildman–Crippen MR) is 103 cm³/mol. The minimum absolute atomic E-state index is 0.0384. The lowest BCUT2D eigenvalue weighted by Crippen LogP contribution is -2.28. The average Bonchev–Trinajstić information content (AvgIpc) is 3.24. The highest BCUT2D eigenvalue weighted by atomic mass is 32.2. The molecular formula is C18H18N2O6S2. The van der Waals surface area contributed by atoms with Crippen molar-refractivity contribution in [1.82, 2.24) is 4.31 Å². The minimum atomic E-state index is -3.81. The van der Waals surface area contributed by atoms with Gasteiger partial charge >= 0.3 is 0 Å². The van der Waals surface area contributed by atoms with E-state index in [2.05, 4.69) is 0 Å². The Morgan fingerprint density at radius 3 is 2.43 bits per heavy atom. The zero-order valence-electron chi connectivity index (χ0n) is 14.9. The van der Waals surface area contributed by atoms with E-state index in [0.717, 1.165) is 23.8 Å². The summed E-state index contributed by atoms with van der Waals surface area (Å²) < 4.78 is 38.7. The standard InChI is InChI=1S/C18H18N2O6S2/c21-20(22)13-3-6-17(18(11-13)28(23,24)19-7-1-2-8-19)27-14-4-5-15-16(12-14)26-10-9-25-15/h3-6,11-12H,1-2,7-10H2. The summed E-state index contributed by atoms with van der Waals surface area (Å²) in [5.74, 6) is 1.24. The first-order valence-corrected chi connectivity index (χ1v) is 11.1. The number of hydrogen-bond acceptors (Lipinski definition) is 7. The van der Waals surface area contributed by atoms with Gasteiger partial charge in [0, 0.05) is 35.0 Å². The number of sulfonamides is 1. The van der Waals surface area contributed by atoms with Crippen LogP contribution in [-0.4, -0.2) is 43.9 Å². The number of fused-ring (bicyclic) bond motifs is 1. The Morgan fingerprint density at radius 1 is 1.00 bits per heavy atom. The normalized spacial score (nSPS) is 16.9. The number of benzene rings is 2. The molecule has 0 aliphatic carbocycles. The van der Waals surface area contributed by atoms with Crippen LogP contribution in [0, 0.1) is 10.1 Å². The van der Waals surface area contributed by atoms with E-state index in [0.29, 0.717) is 42.7 Å². The van der Waals surface area contributed by atoms with Crippen molar-refractivity contribution in [1.29, 1.82) is 0 Å². The summed E-state index contributed by atoms with van der Waals surface area (Å²) in [7, 11) is -3.81. The third-order valence-corrected chi connectivity index (χ3v) is 7.70. The molecule has 0 atom stereocenters. The number of nitro groups is 1. The van der Waals surface area contributed by atoms with Crippen LogP contribution in [0.5, 0.6) is 11.5 Å². The molecule has 0 saturated carbocycles. The predicted octanol–water partition coefficient (Wildman–Crippen LogP) is 3.30. The number of non-ortho nitro benzene ring substituents is 1. The molecule has 0 amide bonds. The van der Waals surface area contributed by atoms with Crippen molar-refractivity contribution in [2.45, 2.75) is 27.5 Å². The second-order valence-electron chi connectivity index (χ2n) is 6.41. The van der Waals surface area contributed by atoms with Crippen LogP contribution >= 0.6 is 11.8 Å². The van der Waals surface area contributed by atoms with Crippen LogP contribution in [0.4, 0.5) is 5.69 Å². The van der Waals surface area contributed by atoms with Crippen LogP contribution in [0.15, 0.2) is 51.1 Å². The van der Waals surface area contributed by atoms with Gasteiger partial charge < -0.3 is 9.47 Å². The first kappa shape index (κ1) is 19.0. The molecule has 4 rings (SSSR count). The molecular weight excluding hydrogens is 404 g/mol. The Kier molecular flexibility index (Phi) is 5.17. The van der Waals surface area contributed by atoms with Crippen molar-refractivity contribution < 1.29 is 22.8 Å². The monoisotopic (exact) mass is 422 g/mol. The Balaban J connectivity index is 1.73. The van der Waals surface area contributed by atoms with Crippen molar-refractivity contribution in [3.63, 3.8) is 0 Å². The number of ether oxygens (including phenoxy) is 2. The van der Waals surface area contributed by atoms with Gasteiger partial charge in [-0.3, -0.25) is 10.1 Å². The van der Waals surface area contributed by atoms with Crippen molar-refractivity contribution in [3.05, 3.63) is 46.5 Å². The van der Waals surface area contributed by atoms with Crippen LogP contribution < -0.4 is 9.47 Å². The van der Waals surface area contributed by atoms with Crippen LogP contribution in [0.2, 0.25) is 0 Å². The van der Waals surface area contributed by atoms with E-state index in [-0.39, 0.29) is 10.6 Å². The number of rotatable bonds is 5. The largest absolute Gasteiger partial charge is 0.486 e. The summed E-state index contributed by atoms with van der Waals surface area (Å²) in [6.45, 7) is 1.80. The Bertz CT molecular complexity index is 1020. The van der Waals surface area contributed by atoms with Crippen molar-refractivity contribution in [2.75, 3.05) is 26.3 Å². The molecule has 1 fully saturated rings. The fraction of sp³-hybridized carbons (Fsp3) is 0.333. The second kappa shape index (κ2) is 7.61. The topological polar surface area (TPSA) is 99.0 Å². The maximum absolute atomic E-state index is 13.1. The first-order chi connectivity index (χ1) is 13.4. The van der Waals surface area contributed by atoms with Crippen LogP contribution in [0.3, 0.4) is 0 Å². The summed E-state index contributed by atoms with van der Waals surface area (Å²) in [5, 5.41) is 11.2. The maximum atomic E-state index is 13.1. The lowest BCUT2D eigenvalue weighted by molar-refractivity contribution is -0.385. The van der Waals surface area contributed by atoms with Crippen molar-refractivity contribution in [2.24, 2.45) is 0 Å². The van der Waals surface area contributed by atoms with Gasteiger partial charge in [0.15, 0.2) is 11.5 Å². The summed E-state index contributed by atoms with van der Waals surface area (Å²) in [6.07, 6.45) is 1.58. The molecule has 148 valence electrons. The molecule has 0 spiro atoms. The molecule has 2 aromatic carbocycles. The molecule has 0 radical (unpaired) electrons. The minimum Gasteiger partial charge on any atom is -0.486 e. The van der Waals surface area contributed by atoms with Gasteiger partial charge in [-0.1, -0.05) is 11.8 Å². The van der Waals surface area contributed by atoms with Gasteiger partial charge in [0.1, 0.15) is 18.1 Å². The summed E-state index contributed by atoms with van der Waals surface area (Å²) in [6, 6.07) is 9.33. The summed E-state index contributed by atoms with van der Waals surface area (Å²) >= 11 is 1.23. The second-order valence-corrected chi connectivity index (χ2v) is 9.43. The molecule has 0 N–H and O–H groups in total. The molecule has 2 aromatic rings. The fourth-order valence-corrected chi connectivity index (χ4v) is 6.08. The van der Waals surface area contributed by atoms with Crippen molar-refractivity contribution in [3.8, 4) is 11.5 Å². The molecule has 28 heavy (non-hydrogen) atoms. The fourth-order valence-electron chi connectivity index (χ4n) is 3.18. The van der Waals surface area contributed by atoms with E-state index in [1.165, 1.54) is 28.2 Å². The summed E-state index contributed by atoms with van der Waals surface area (Å²) in [4.78, 5) is 11.8. The molecule has 0 aromatic heterocycles. The Morgan fingerprint density at radius 2 is 1.71 bits per heavy atom. The molecule has 2 aliphatic rings. The smallest absolute Gasteiger partial charge is 0.270 e. The average molecular weight is 422 g/mol. The van der Waals surface area contributed by atoms with E-state index in [4.69, 9.17) is 9.47 Å². The van der Waals surface area contributed by atoms with Gasteiger partial charge in [-0.2, -0.15) is 4.31 Å². The van der Waals surface area contributed by atoms with Gasteiger partial charge in [0.05, 0.1) is 4.92 Å².